The third-order valence-electron chi connectivity index (χ3n) is 11.6. The Morgan fingerprint density at radius 2 is 1.90 bits per heavy atom. The van der Waals surface area contributed by atoms with Gasteiger partial charge < -0.3 is 15.2 Å². The van der Waals surface area contributed by atoms with Crippen LogP contribution in [0.2, 0.25) is 0 Å². The van der Waals surface area contributed by atoms with Crippen LogP contribution in [-0.2, 0) is 4.74 Å². The fourth-order valence-corrected chi connectivity index (χ4v) is 9.80. The zero-order valence-electron chi connectivity index (χ0n) is 20.3. The third-order valence-corrected chi connectivity index (χ3v) is 11.6. The Morgan fingerprint density at radius 1 is 1.06 bits per heavy atom. The second-order valence-corrected chi connectivity index (χ2v) is 13.1. The molecule has 4 aliphatic carbocycles. The number of ether oxygens (including phenoxy) is 1. The summed E-state index contributed by atoms with van der Waals surface area (Å²) in [6.07, 6.45) is 12.8. The summed E-state index contributed by atoms with van der Waals surface area (Å²) in [5.74, 6) is 4.64. The van der Waals surface area contributed by atoms with Gasteiger partial charge in [-0.1, -0.05) is 31.9 Å². The van der Waals surface area contributed by atoms with E-state index < -0.39 is 0 Å². The molecule has 6 aliphatic rings. The molecule has 3 nitrogen and oxygen atoms in total. The van der Waals surface area contributed by atoms with Gasteiger partial charge in [0.25, 0.3) is 0 Å². The largest absolute Gasteiger partial charge is 0.393 e. The highest BCUT2D eigenvalue weighted by atomic mass is 16.5. The Hall–Kier alpha value is -0.380. The molecule has 6 rings (SSSR count). The number of aliphatic hydroxyl groups is 1. The first-order valence-electron chi connectivity index (χ1n) is 13.6. The minimum atomic E-state index is -0.0387. The predicted molar refractivity (Wildman–Crippen MR) is 125 cm³/mol. The number of rotatable bonds is 0. The molecule has 0 bridgehead atoms. The molecule has 5 fully saturated rings. The van der Waals surface area contributed by atoms with Crippen molar-refractivity contribution in [2.45, 2.75) is 116 Å². The van der Waals surface area contributed by atoms with E-state index in [9.17, 15) is 5.11 Å². The Morgan fingerprint density at radius 3 is 2.74 bits per heavy atom. The van der Waals surface area contributed by atoms with Crippen molar-refractivity contribution >= 4 is 0 Å². The van der Waals surface area contributed by atoms with Gasteiger partial charge in [-0.25, -0.2) is 0 Å². The second kappa shape index (κ2) is 7.31. The van der Waals surface area contributed by atoms with Crippen LogP contribution in [-0.4, -0.2) is 35.5 Å². The van der Waals surface area contributed by atoms with Crippen molar-refractivity contribution in [1.29, 1.82) is 0 Å². The Labute approximate surface area is 189 Å². The molecule has 174 valence electrons. The van der Waals surface area contributed by atoms with Crippen LogP contribution in [0.3, 0.4) is 0 Å². The van der Waals surface area contributed by atoms with Crippen LogP contribution < -0.4 is 5.32 Å². The lowest BCUT2D eigenvalue weighted by molar-refractivity contribution is -0.0795. The number of hydrogen-bond donors (Lipinski definition) is 2. The first-order chi connectivity index (χ1) is 14.8. The first-order valence-corrected chi connectivity index (χ1v) is 13.6. The minimum Gasteiger partial charge on any atom is -0.393 e. The normalized spacial score (nSPS) is 56.6. The van der Waals surface area contributed by atoms with Crippen molar-refractivity contribution in [1.82, 2.24) is 5.32 Å². The molecule has 1 spiro atoms. The van der Waals surface area contributed by atoms with Crippen LogP contribution in [0.4, 0.5) is 0 Å². The van der Waals surface area contributed by atoms with E-state index in [0.29, 0.717) is 23.5 Å². The van der Waals surface area contributed by atoms with Gasteiger partial charge in [-0.3, -0.25) is 0 Å². The van der Waals surface area contributed by atoms with E-state index in [0.717, 1.165) is 49.0 Å². The highest BCUT2D eigenvalue weighted by Gasteiger charge is 2.59. The van der Waals surface area contributed by atoms with E-state index in [1.807, 2.05) is 5.57 Å². The molecule has 1 unspecified atom stereocenters. The molecule has 0 aromatic carbocycles. The predicted octanol–water partition coefficient (Wildman–Crippen LogP) is 5.47. The maximum absolute atomic E-state index is 10.3. The maximum Gasteiger partial charge on any atom is 0.0765 e. The Kier molecular flexibility index (Phi) is 4.99. The summed E-state index contributed by atoms with van der Waals surface area (Å²) < 4.78 is 7.02. The highest BCUT2D eigenvalue weighted by Crippen LogP contribution is 2.65. The quantitative estimate of drug-likeness (QED) is 0.504. The van der Waals surface area contributed by atoms with Crippen LogP contribution in [0.1, 0.15) is 91.9 Å². The molecule has 2 heterocycles. The first kappa shape index (κ1) is 21.2. The molecule has 2 N–H and O–H groups in total. The lowest BCUT2D eigenvalue weighted by atomic mass is 9.52. The van der Waals surface area contributed by atoms with E-state index in [2.05, 4.69) is 33.0 Å². The van der Waals surface area contributed by atoms with Gasteiger partial charge in [0, 0.05) is 12.0 Å². The van der Waals surface area contributed by atoms with Crippen molar-refractivity contribution in [3.8, 4) is 0 Å². The topological polar surface area (TPSA) is 41.5 Å². The number of piperidine rings is 1. The van der Waals surface area contributed by atoms with E-state index in [-0.39, 0.29) is 11.7 Å². The molecule has 2 aliphatic heterocycles. The van der Waals surface area contributed by atoms with Gasteiger partial charge in [-0.2, -0.15) is 0 Å². The second-order valence-electron chi connectivity index (χ2n) is 13.1. The Balaban J connectivity index is 1.27. The van der Waals surface area contributed by atoms with Crippen molar-refractivity contribution in [2.75, 3.05) is 6.54 Å². The summed E-state index contributed by atoms with van der Waals surface area (Å²) in [6.45, 7) is 11.1. The van der Waals surface area contributed by atoms with Gasteiger partial charge >= 0.3 is 0 Å². The van der Waals surface area contributed by atoms with E-state index in [1.165, 1.54) is 51.4 Å². The average Bonchev–Trinajstić information content (AvgIpc) is 3.19. The van der Waals surface area contributed by atoms with Crippen LogP contribution in [0.5, 0.6) is 0 Å². The molecule has 0 aromatic rings. The monoisotopic (exact) mass is 427 g/mol. The Bertz CT molecular complexity index is 762. The molecule has 2 saturated heterocycles. The fourth-order valence-electron chi connectivity index (χ4n) is 9.80. The summed E-state index contributed by atoms with van der Waals surface area (Å²) in [5, 5.41) is 14.2. The number of fused-ring (bicyclic) bond motifs is 6. The van der Waals surface area contributed by atoms with Gasteiger partial charge in [0.05, 0.1) is 17.8 Å². The van der Waals surface area contributed by atoms with E-state index >= 15 is 0 Å². The molecule has 0 amide bonds. The fraction of sp³-hybridized carbons (Fsp3) is 0.929. The standard InChI is InChI=1S/C28H45NO2/c1-16-11-25-26(29-15-16)18(3)28(31-25)10-8-21-22-6-5-19-12-20(30)7-9-27(19,4)24(22)13-23(21)17(2)14-28/h16,18-22,24-26,29-30H,5-15H2,1-4H3/t16-,18+,19+,20+,21-,22-,24-,25+,26?,27-,28-/m0/s1. The van der Waals surface area contributed by atoms with Crippen molar-refractivity contribution in [3.05, 3.63) is 11.1 Å². The molecular formula is C28H45NO2. The summed E-state index contributed by atoms with van der Waals surface area (Å²) in [5.41, 5.74) is 4.06. The summed E-state index contributed by atoms with van der Waals surface area (Å²) in [7, 11) is 0. The SMILES string of the molecule is CC1=C2C[C@H]3[C@@H](CC[C@@H]4C[C@H](O)CC[C@@]43C)[C@@H]2CC[C@@]2(C1)O[C@@H]1C[C@H](C)CNC1[C@H]2C. The lowest BCUT2D eigenvalue weighted by Crippen LogP contribution is -2.48. The smallest absolute Gasteiger partial charge is 0.0765 e. The van der Waals surface area contributed by atoms with Gasteiger partial charge in [-0.15, -0.1) is 0 Å². The summed E-state index contributed by atoms with van der Waals surface area (Å²) >= 11 is 0. The summed E-state index contributed by atoms with van der Waals surface area (Å²) in [4.78, 5) is 0. The molecular weight excluding hydrogens is 382 g/mol. The van der Waals surface area contributed by atoms with Gasteiger partial charge in [0.2, 0.25) is 0 Å². The van der Waals surface area contributed by atoms with Crippen LogP contribution in [0, 0.1) is 40.9 Å². The van der Waals surface area contributed by atoms with Crippen molar-refractivity contribution in [3.63, 3.8) is 0 Å². The number of hydrogen-bond acceptors (Lipinski definition) is 3. The van der Waals surface area contributed by atoms with Gasteiger partial charge in [0.1, 0.15) is 0 Å². The third kappa shape index (κ3) is 3.08. The molecule has 0 aromatic heterocycles. The highest BCUT2D eigenvalue weighted by molar-refractivity contribution is 5.29. The molecule has 3 saturated carbocycles. The molecule has 11 atom stereocenters. The zero-order chi connectivity index (χ0) is 21.5. The molecule has 3 heteroatoms. The maximum atomic E-state index is 10.3. The van der Waals surface area contributed by atoms with Crippen LogP contribution in [0.25, 0.3) is 0 Å². The minimum absolute atomic E-state index is 0.0387. The molecule has 31 heavy (non-hydrogen) atoms. The number of nitrogens with one attached hydrogen (secondary N) is 1. The van der Waals surface area contributed by atoms with Crippen molar-refractivity contribution in [2.24, 2.45) is 40.9 Å². The average molecular weight is 428 g/mol. The molecule has 0 radical (unpaired) electrons. The number of aliphatic hydroxyl groups excluding tert-OH is 1. The van der Waals surface area contributed by atoms with Crippen LogP contribution in [0.15, 0.2) is 11.1 Å². The lowest BCUT2D eigenvalue weighted by Gasteiger charge is -2.53. The van der Waals surface area contributed by atoms with Gasteiger partial charge in [0.15, 0.2) is 0 Å². The number of allylic oxidation sites excluding steroid dienone is 1. The van der Waals surface area contributed by atoms with Crippen LogP contribution >= 0.6 is 0 Å². The van der Waals surface area contributed by atoms with E-state index in [1.54, 1.807) is 5.57 Å². The van der Waals surface area contributed by atoms with E-state index in [4.69, 9.17) is 4.74 Å². The zero-order valence-corrected chi connectivity index (χ0v) is 20.3. The van der Waals surface area contributed by atoms with Gasteiger partial charge in [-0.05, 0) is 113 Å². The summed E-state index contributed by atoms with van der Waals surface area (Å²) in [6, 6.07) is 0.558. The van der Waals surface area contributed by atoms with Crippen molar-refractivity contribution < 1.29 is 9.84 Å².